The molecule has 1 amide bonds. The average Bonchev–Trinajstić information content (AvgIpc) is 3.11. The summed E-state index contributed by atoms with van der Waals surface area (Å²) >= 11 is 1.30. The molecule has 1 N–H and O–H groups in total. The maximum absolute atomic E-state index is 14.0. The summed E-state index contributed by atoms with van der Waals surface area (Å²) in [6.07, 6.45) is 0. The number of benzene rings is 2. The minimum absolute atomic E-state index is 0.0274. The van der Waals surface area contributed by atoms with Gasteiger partial charge < -0.3 is 15.0 Å². The molecular formula is C19H17F2N3O2S. The van der Waals surface area contributed by atoms with Crippen molar-refractivity contribution in [2.75, 3.05) is 31.4 Å². The van der Waals surface area contributed by atoms with E-state index in [1.54, 1.807) is 24.6 Å². The first kappa shape index (κ1) is 18.8. The first-order chi connectivity index (χ1) is 12.9. The summed E-state index contributed by atoms with van der Waals surface area (Å²) in [6, 6.07) is 9.43. The van der Waals surface area contributed by atoms with Crippen LogP contribution in [0.2, 0.25) is 0 Å². The minimum atomic E-state index is -0.757. The van der Waals surface area contributed by atoms with Gasteiger partial charge in [0.1, 0.15) is 22.1 Å². The third-order valence-corrected chi connectivity index (χ3v) is 4.69. The van der Waals surface area contributed by atoms with Crippen LogP contribution >= 0.6 is 11.3 Å². The van der Waals surface area contributed by atoms with Crippen molar-refractivity contribution < 1.29 is 18.3 Å². The molecule has 0 aliphatic rings. The Bertz CT molecular complexity index is 948. The van der Waals surface area contributed by atoms with Gasteiger partial charge >= 0.3 is 0 Å². The summed E-state index contributed by atoms with van der Waals surface area (Å²) in [7, 11) is 4.66. The number of amides is 1. The number of aromatic nitrogens is 1. The molecule has 2 aromatic carbocycles. The Morgan fingerprint density at radius 2 is 1.78 bits per heavy atom. The lowest BCUT2D eigenvalue weighted by molar-refractivity contribution is 0.102. The topological polar surface area (TPSA) is 54.5 Å². The first-order valence-electron chi connectivity index (χ1n) is 7.96. The number of hydrogen-bond donors (Lipinski definition) is 1. The van der Waals surface area contributed by atoms with Crippen LogP contribution in [0.5, 0.6) is 5.75 Å². The second kappa shape index (κ2) is 7.71. The van der Waals surface area contributed by atoms with Crippen LogP contribution in [0.3, 0.4) is 0 Å². The van der Waals surface area contributed by atoms with Crippen molar-refractivity contribution in [3.8, 4) is 16.3 Å². The zero-order valence-corrected chi connectivity index (χ0v) is 15.7. The summed E-state index contributed by atoms with van der Waals surface area (Å²) in [4.78, 5) is 18.0. The molecular weight excluding hydrogens is 372 g/mol. The molecule has 0 aliphatic carbocycles. The zero-order chi connectivity index (χ0) is 19.6. The van der Waals surface area contributed by atoms with E-state index in [9.17, 15) is 13.6 Å². The van der Waals surface area contributed by atoms with Crippen LogP contribution in [0.4, 0.5) is 20.2 Å². The maximum atomic E-state index is 14.0. The van der Waals surface area contributed by atoms with Gasteiger partial charge in [0.15, 0.2) is 11.6 Å². The minimum Gasteiger partial charge on any atom is -0.497 e. The van der Waals surface area contributed by atoms with Gasteiger partial charge in [-0.15, -0.1) is 11.3 Å². The largest absolute Gasteiger partial charge is 0.497 e. The van der Waals surface area contributed by atoms with Gasteiger partial charge in [-0.25, -0.2) is 13.8 Å². The van der Waals surface area contributed by atoms with Gasteiger partial charge in [-0.05, 0) is 36.4 Å². The van der Waals surface area contributed by atoms with Gasteiger partial charge in [0.25, 0.3) is 5.91 Å². The molecule has 1 heterocycles. The van der Waals surface area contributed by atoms with Crippen LogP contribution in [0.25, 0.3) is 10.6 Å². The number of thiazole rings is 1. The Hall–Kier alpha value is -3.00. The van der Waals surface area contributed by atoms with Crippen molar-refractivity contribution in [2.24, 2.45) is 0 Å². The highest BCUT2D eigenvalue weighted by Crippen LogP contribution is 2.28. The molecule has 3 aromatic rings. The Kier molecular flexibility index (Phi) is 5.36. The van der Waals surface area contributed by atoms with Gasteiger partial charge in [-0.1, -0.05) is 0 Å². The molecule has 0 atom stereocenters. The quantitative estimate of drug-likeness (QED) is 0.702. The molecule has 8 heteroatoms. The van der Waals surface area contributed by atoms with E-state index in [-0.39, 0.29) is 17.1 Å². The number of nitrogens with one attached hydrogen (secondary N) is 1. The monoisotopic (exact) mass is 389 g/mol. The number of ether oxygens (including phenoxy) is 1. The van der Waals surface area contributed by atoms with E-state index in [4.69, 9.17) is 4.74 Å². The summed E-state index contributed by atoms with van der Waals surface area (Å²) in [5.74, 6) is -1.33. The smallest absolute Gasteiger partial charge is 0.275 e. The summed E-state index contributed by atoms with van der Waals surface area (Å²) in [5, 5.41) is 4.72. The molecule has 140 valence electrons. The van der Waals surface area contributed by atoms with Gasteiger partial charge in [-0.2, -0.15) is 0 Å². The van der Waals surface area contributed by atoms with Gasteiger partial charge in [-0.3, -0.25) is 4.79 Å². The maximum Gasteiger partial charge on any atom is 0.275 e. The van der Waals surface area contributed by atoms with E-state index in [0.717, 1.165) is 23.4 Å². The third-order valence-electron chi connectivity index (χ3n) is 3.80. The van der Waals surface area contributed by atoms with Crippen LogP contribution in [-0.2, 0) is 0 Å². The number of anilines is 2. The van der Waals surface area contributed by atoms with E-state index in [0.29, 0.717) is 5.01 Å². The SMILES string of the molecule is COc1ccc(-c2nc(C(=O)Nc3cc(F)c(N(C)C)c(F)c3)cs2)cc1. The fourth-order valence-corrected chi connectivity index (χ4v) is 3.31. The van der Waals surface area contributed by atoms with E-state index in [1.165, 1.54) is 30.3 Å². The molecule has 0 fully saturated rings. The van der Waals surface area contributed by atoms with Crippen LogP contribution in [0.1, 0.15) is 10.5 Å². The van der Waals surface area contributed by atoms with Crippen molar-refractivity contribution in [1.82, 2.24) is 4.98 Å². The third kappa shape index (κ3) is 4.06. The van der Waals surface area contributed by atoms with Crippen molar-refractivity contribution in [3.05, 3.63) is 59.1 Å². The first-order valence-corrected chi connectivity index (χ1v) is 8.84. The molecule has 0 saturated heterocycles. The number of rotatable bonds is 5. The Labute approximate surface area is 159 Å². The highest BCUT2D eigenvalue weighted by Gasteiger charge is 2.16. The highest BCUT2D eigenvalue weighted by molar-refractivity contribution is 7.13. The van der Waals surface area contributed by atoms with E-state index >= 15 is 0 Å². The number of carbonyl (C=O) groups is 1. The van der Waals surface area contributed by atoms with Crippen LogP contribution < -0.4 is 15.0 Å². The lowest BCUT2D eigenvalue weighted by atomic mass is 10.2. The van der Waals surface area contributed by atoms with E-state index in [1.807, 2.05) is 12.1 Å². The van der Waals surface area contributed by atoms with Crippen LogP contribution in [0.15, 0.2) is 41.8 Å². The van der Waals surface area contributed by atoms with E-state index in [2.05, 4.69) is 10.3 Å². The molecule has 1 aromatic heterocycles. The highest BCUT2D eigenvalue weighted by atomic mass is 32.1. The van der Waals surface area contributed by atoms with Gasteiger partial charge in [0.2, 0.25) is 0 Å². The summed E-state index contributed by atoms with van der Waals surface area (Å²) in [6.45, 7) is 0. The summed E-state index contributed by atoms with van der Waals surface area (Å²) < 4.78 is 33.2. The second-order valence-electron chi connectivity index (χ2n) is 5.90. The predicted octanol–water partition coefficient (Wildman–Crippen LogP) is 4.42. The molecule has 27 heavy (non-hydrogen) atoms. The Balaban J connectivity index is 1.78. The van der Waals surface area contributed by atoms with Gasteiger partial charge in [0.05, 0.1) is 7.11 Å². The fraction of sp³-hybridized carbons (Fsp3) is 0.158. The Morgan fingerprint density at radius 1 is 1.15 bits per heavy atom. The van der Waals surface area contributed by atoms with Crippen LogP contribution in [0, 0.1) is 11.6 Å². The van der Waals surface area contributed by atoms with Gasteiger partial charge in [0, 0.05) is 30.7 Å². The Morgan fingerprint density at radius 3 is 2.33 bits per heavy atom. The number of hydrogen-bond acceptors (Lipinski definition) is 5. The van der Waals surface area contributed by atoms with E-state index < -0.39 is 17.5 Å². The molecule has 0 aliphatic heterocycles. The predicted molar refractivity (Wildman–Crippen MR) is 103 cm³/mol. The lowest BCUT2D eigenvalue weighted by Crippen LogP contribution is -2.15. The van der Waals surface area contributed by atoms with Crippen molar-refractivity contribution in [1.29, 1.82) is 0 Å². The zero-order valence-electron chi connectivity index (χ0n) is 14.9. The number of carbonyl (C=O) groups excluding carboxylic acids is 1. The molecule has 5 nitrogen and oxygen atoms in total. The van der Waals surface area contributed by atoms with Crippen molar-refractivity contribution in [2.45, 2.75) is 0 Å². The lowest BCUT2D eigenvalue weighted by Gasteiger charge is -2.15. The molecule has 0 spiro atoms. The standard InChI is InChI=1S/C19H17F2N3O2S/c1-24(2)17-14(20)8-12(9-15(17)21)22-18(25)16-10-27-19(23-16)11-4-6-13(26-3)7-5-11/h4-10H,1-3H3,(H,22,25). The average molecular weight is 389 g/mol. The molecule has 0 bridgehead atoms. The number of halogens is 2. The van der Waals surface area contributed by atoms with Crippen molar-refractivity contribution in [3.63, 3.8) is 0 Å². The van der Waals surface area contributed by atoms with Crippen LogP contribution in [-0.4, -0.2) is 32.1 Å². The normalized spacial score (nSPS) is 10.6. The fourth-order valence-electron chi connectivity index (χ4n) is 2.50. The molecule has 0 unspecified atom stereocenters. The second-order valence-corrected chi connectivity index (χ2v) is 6.76. The summed E-state index contributed by atoms with van der Waals surface area (Å²) in [5.41, 5.74) is 0.874. The van der Waals surface area contributed by atoms with Crippen molar-refractivity contribution >= 4 is 28.6 Å². The number of methoxy groups -OCH3 is 1. The molecule has 3 rings (SSSR count). The molecule has 0 radical (unpaired) electrons. The number of nitrogens with zero attached hydrogens (tertiary/aromatic N) is 2. The molecule has 0 saturated carbocycles.